The quantitative estimate of drug-likeness (QED) is 0.803. The van der Waals surface area contributed by atoms with E-state index in [9.17, 15) is 12.8 Å². The van der Waals surface area contributed by atoms with Crippen LogP contribution in [-0.4, -0.2) is 13.4 Å². The SMILES string of the molecule is O=S(=O)(Cc1ccccc1F)Oc1ncc(Cl)cc1Cl. The minimum absolute atomic E-state index is 0.00224. The summed E-state index contributed by atoms with van der Waals surface area (Å²) in [6.07, 6.45) is 1.20. The lowest BCUT2D eigenvalue weighted by Crippen LogP contribution is -2.14. The van der Waals surface area contributed by atoms with Crippen LogP contribution >= 0.6 is 23.2 Å². The van der Waals surface area contributed by atoms with Gasteiger partial charge in [0, 0.05) is 11.8 Å². The fourth-order valence-corrected chi connectivity index (χ4v) is 2.93. The van der Waals surface area contributed by atoms with Gasteiger partial charge in [-0.2, -0.15) is 8.42 Å². The molecule has 0 amide bonds. The maximum Gasteiger partial charge on any atom is 0.315 e. The Hall–Kier alpha value is -1.37. The van der Waals surface area contributed by atoms with Gasteiger partial charge in [0.15, 0.2) is 0 Å². The molecule has 0 N–H and O–H groups in total. The Morgan fingerprint density at radius 1 is 1.25 bits per heavy atom. The Kier molecular flexibility index (Phi) is 4.47. The molecule has 4 nitrogen and oxygen atoms in total. The van der Waals surface area contributed by atoms with Crippen LogP contribution in [-0.2, 0) is 15.9 Å². The van der Waals surface area contributed by atoms with Gasteiger partial charge < -0.3 is 4.18 Å². The lowest BCUT2D eigenvalue weighted by molar-refractivity contribution is 0.473. The van der Waals surface area contributed by atoms with Gasteiger partial charge in [-0.1, -0.05) is 41.4 Å². The third-order valence-electron chi connectivity index (χ3n) is 2.27. The summed E-state index contributed by atoms with van der Waals surface area (Å²) in [5.41, 5.74) is -0.00224. The van der Waals surface area contributed by atoms with Crippen molar-refractivity contribution in [2.45, 2.75) is 5.75 Å². The molecule has 0 fully saturated rings. The molecular formula is C12H8Cl2FNO3S. The van der Waals surface area contributed by atoms with Crippen LogP contribution in [0.5, 0.6) is 5.88 Å². The van der Waals surface area contributed by atoms with Crippen molar-refractivity contribution >= 4 is 33.3 Å². The predicted octanol–water partition coefficient (Wildman–Crippen LogP) is 3.44. The fraction of sp³-hybridized carbons (Fsp3) is 0.0833. The number of nitrogens with zero attached hydrogens (tertiary/aromatic N) is 1. The summed E-state index contributed by atoms with van der Waals surface area (Å²) in [6.45, 7) is 0. The lowest BCUT2D eigenvalue weighted by Gasteiger charge is -2.08. The smallest absolute Gasteiger partial charge is 0.315 e. The number of rotatable bonds is 4. The highest BCUT2D eigenvalue weighted by atomic mass is 35.5. The highest BCUT2D eigenvalue weighted by Gasteiger charge is 2.19. The Balaban J connectivity index is 2.22. The number of benzene rings is 1. The van der Waals surface area contributed by atoms with Crippen LogP contribution in [0.15, 0.2) is 36.5 Å². The van der Waals surface area contributed by atoms with E-state index in [1.165, 1.54) is 36.5 Å². The number of pyridine rings is 1. The molecule has 2 aromatic rings. The van der Waals surface area contributed by atoms with Crippen LogP contribution in [0.25, 0.3) is 0 Å². The number of halogens is 3. The third kappa shape index (κ3) is 3.82. The van der Waals surface area contributed by atoms with E-state index in [1.807, 2.05) is 0 Å². The van der Waals surface area contributed by atoms with Crippen LogP contribution in [0.3, 0.4) is 0 Å². The monoisotopic (exact) mass is 335 g/mol. The Morgan fingerprint density at radius 3 is 2.60 bits per heavy atom. The summed E-state index contributed by atoms with van der Waals surface area (Å²) < 4.78 is 41.8. The molecule has 0 spiro atoms. The minimum atomic E-state index is -4.08. The zero-order chi connectivity index (χ0) is 14.8. The first kappa shape index (κ1) is 15.0. The summed E-state index contributed by atoms with van der Waals surface area (Å²) in [6, 6.07) is 6.81. The summed E-state index contributed by atoms with van der Waals surface area (Å²) in [7, 11) is -4.08. The van der Waals surface area contributed by atoms with Crippen molar-refractivity contribution in [2.75, 3.05) is 0 Å². The molecule has 0 aliphatic rings. The highest BCUT2D eigenvalue weighted by Crippen LogP contribution is 2.26. The Morgan fingerprint density at radius 2 is 1.95 bits per heavy atom. The second-order valence-electron chi connectivity index (χ2n) is 3.82. The normalized spacial score (nSPS) is 11.3. The van der Waals surface area contributed by atoms with Crippen molar-refractivity contribution in [2.24, 2.45) is 0 Å². The molecule has 1 aromatic heterocycles. The van der Waals surface area contributed by atoms with Crippen molar-refractivity contribution in [3.05, 3.63) is 58.0 Å². The zero-order valence-electron chi connectivity index (χ0n) is 9.89. The van der Waals surface area contributed by atoms with Gasteiger partial charge in [0.25, 0.3) is 5.88 Å². The zero-order valence-corrected chi connectivity index (χ0v) is 12.2. The average Bonchev–Trinajstić information content (AvgIpc) is 2.35. The molecule has 0 aliphatic heterocycles. The van der Waals surface area contributed by atoms with Crippen LogP contribution in [0.4, 0.5) is 4.39 Å². The second-order valence-corrected chi connectivity index (χ2v) is 6.23. The number of hydrogen-bond donors (Lipinski definition) is 0. The molecule has 106 valence electrons. The van der Waals surface area contributed by atoms with E-state index in [-0.39, 0.29) is 21.5 Å². The van der Waals surface area contributed by atoms with Gasteiger partial charge in [-0.15, -0.1) is 0 Å². The van der Waals surface area contributed by atoms with Gasteiger partial charge in [0.1, 0.15) is 16.6 Å². The highest BCUT2D eigenvalue weighted by molar-refractivity contribution is 7.86. The average molecular weight is 336 g/mol. The largest absolute Gasteiger partial charge is 0.360 e. The maximum absolute atomic E-state index is 13.4. The summed E-state index contributed by atoms with van der Waals surface area (Å²) in [5.74, 6) is -1.55. The fourth-order valence-electron chi connectivity index (χ4n) is 1.42. The molecule has 1 aromatic carbocycles. The first-order valence-electron chi connectivity index (χ1n) is 5.34. The molecule has 0 saturated carbocycles. The van der Waals surface area contributed by atoms with Crippen LogP contribution in [0.1, 0.15) is 5.56 Å². The Bertz CT molecular complexity index is 737. The summed E-state index contributed by atoms with van der Waals surface area (Å²) in [4.78, 5) is 3.67. The van der Waals surface area contributed by atoms with E-state index < -0.39 is 21.7 Å². The van der Waals surface area contributed by atoms with E-state index in [0.717, 1.165) is 0 Å². The molecule has 0 atom stereocenters. The van der Waals surface area contributed by atoms with Crippen LogP contribution < -0.4 is 4.18 Å². The van der Waals surface area contributed by atoms with Gasteiger partial charge in [-0.3, -0.25) is 0 Å². The molecule has 0 bridgehead atoms. The standard InChI is InChI=1S/C12H8Cl2FNO3S/c13-9-5-10(14)12(16-6-9)19-20(17,18)7-8-3-1-2-4-11(8)15/h1-6H,7H2. The Labute approximate surface area is 125 Å². The third-order valence-corrected chi connectivity index (χ3v) is 3.82. The summed E-state index contributed by atoms with van der Waals surface area (Å²) >= 11 is 11.4. The van der Waals surface area contributed by atoms with Gasteiger partial charge in [0.2, 0.25) is 0 Å². The molecule has 20 heavy (non-hydrogen) atoms. The topological polar surface area (TPSA) is 56.3 Å². The van der Waals surface area contributed by atoms with Gasteiger partial charge in [0.05, 0.1) is 5.02 Å². The van der Waals surface area contributed by atoms with Crippen molar-refractivity contribution in [1.29, 1.82) is 0 Å². The molecule has 0 saturated heterocycles. The minimum Gasteiger partial charge on any atom is -0.360 e. The molecule has 0 aliphatic carbocycles. The van der Waals surface area contributed by atoms with E-state index >= 15 is 0 Å². The van der Waals surface area contributed by atoms with Gasteiger partial charge in [-0.05, 0) is 12.1 Å². The summed E-state index contributed by atoms with van der Waals surface area (Å²) in [5, 5.41) is 0.198. The maximum atomic E-state index is 13.4. The van der Waals surface area contributed by atoms with Crippen molar-refractivity contribution < 1.29 is 17.0 Å². The molecule has 0 radical (unpaired) electrons. The van der Waals surface area contributed by atoms with Crippen molar-refractivity contribution in [1.82, 2.24) is 4.98 Å². The number of aromatic nitrogens is 1. The molecule has 1 heterocycles. The lowest BCUT2D eigenvalue weighted by atomic mass is 10.2. The van der Waals surface area contributed by atoms with E-state index in [0.29, 0.717) is 0 Å². The predicted molar refractivity (Wildman–Crippen MR) is 73.9 cm³/mol. The molecular weight excluding hydrogens is 328 g/mol. The van der Waals surface area contributed by atoms with Gasteiger partial charge >= 0.3 is 10.1 Å². The van der Waals surface area contributed by atoms with E-state index in [4.69, 9.17) is 27.4 Å². The molecule has 8 heteroatoms. The first-order chi connectivity index (χ1) is 9.37. The van der Waals surface area contributed by atoms with Gasteiger partial charge in [-0.25, -0.2) is 9.37 Å². The van der Waals surface area contributed by atoms with Crippen molar-refractivity contribution in [3.8, 4) is 5.88 Å². The number of hydrogen-bond acceptors (Lipinski definition) is 4. The van der Waals surface area contributed by atoms with E-state index in [2.05, 4.69) is 4.98 Å². The van der Waals surface area contributed by atoms with E-state index in [1.54, 1.807) is 0 Å². The molecule has 0 unspecified atom stereocenters. The van der Waals surface area contributed by atoms with Crippen molar-refractivity contribution in [3.63, 3.8) is 0 Å². The molecule has 2 rings (SSSR count). The second kappa shape index (κ2) is 5.95. The van der Waals surface area contributed by atoms with Crippen LogP contribution in [0, 0.1) is 5.82 Å². The first-order valence-corrected chi connectivity index (χ1v) is 7.67. The van der Waals surface area contributed by atoms with Crippen LogP contribution in [0.2, 0.25) is 10.0 Å².